The number of sulfonamides is 1. The molecule has 32 heavy (non-hydrogen) atoms. The number of para-hydroxylation sites is 1. The van der Waals surface area contributed by atoms with Gasteiger partial charge in [0.15, 0.2) is 0 Å². The van der Waals surface area contributed by atoms with Gasteiger partial charge in [-0.05, 0) is 41.5 Å². The summed E-state index contributed by atoms with van der Waals surface area (Å²) in [7, 11) is -1.05. The van der Waals surface area contributed by atoms with E-state index in [1.165, 1.54) is 32.4 Å². The molecule has 0 spiro atoms. The minimum Gasteiger partial charge on any atom is -0.497 e. The first-order chi connectivity index (χ1) is 15.4. The van der Waals surface area contributed by atoms with Crippen LogP contribution in [0.1, 0.15) is 17.0 Å². The molecule has 2 N–H and O–H groups in total. The van der Waals surface area contributed by atoms with Crippen molar-refractivity contribution in [3.8, 4) is 11.5 Å². The quantitative estimate of drug-likeness (QED) is 0.413. The van der Waals surface area contributed by atoms with E-state index in [2.05, 4.69) is 9.71 Å². The van der Waals surface area contributed by atoms with Gasteiger partial charge in [0.25, 0.3) is 0 Å². The molecular formula is C24H23FN2O4S. The Labute approximate surface area is 186 Å². The second kappa shape index (κ2) is 9.02. The van der Waals surface area contributed by atoms with Gasteiger partial charge in [0.2, 0.25) is 10.0 Å². The first-order valence-corrected chi connectivity index (χ1v) is 11.4. The lowest BCUT2D eigenvalue weighted by Gasteiger charge is -2.19. The zero-order valence-corrected chi connectivity index (χ0v) is 18.4. The molecular weight excluding hydrogens is 431 g/mol. The molecule has 0 aliphatic rings. The topological polar surface area (TPSA) is 80.4 Å². The molecule has 8 heteroatoms. The summed E-state index contributed by atoms with van der Waals surface area (Å²) < 4.78 is 53.0. The Balaban J connectivity index is 1.72. The van der Waals surface area contributed by atoms with Crippen LogP contribution >= 0.6 is 0 Å². The molecule has 0 aliphatic heterocycles. The van der Waals surface area contributed by atoms with Gasteiger partial charge >= 0.3 is 0 Å². The molecule has 0 fully saturated rings. The van der Waals surface area contributed by atoms with Crippen molar-refractivity contribution < 1.29 is 22.3 Å². The van der Waals surface area contributed by atoms with Gasteiger partial charge in [0, 0.05) is 35.6 Å². The largest absolute Gasteiger partial charge is 0.497 e. The zero-order valence-electron chi connectivity index (χ0n) is 17.6. The number of nitrogens with one attached hydrogen (secondary N) is 2. The van der Waals surface area contributed by atoms with Crippen LogP contribution in [0.15, 0.2) is 77.8 Å². The highest BCUT2D eigenvalue weighted by Crippen LogP contribution is 2.32. The molecule has 1 heterocycles. The second-order valence-electron chi connectivity index (χ2n) is 7.26. The van der Waals surface area contributed by atoms with Crippen LogP contribution in [0.3, 0.4) is 0 Å². The minimum absolute atomic E-state index is 0.0175. The van der Waals surface area contributed by atoms with Crippen molar-refractivity contribution in [1.82, 2.24) is 9.71 Å². The van der Waals surface area contributed by atoms with E-state index in [-0.39, 0.29) is 28.9 Å². The summed E-state index contributed by atoms with van der Waals surface area (Å²) in [5.41, 5.74) is 2.64. The molecule has 0 amide bonds. The minimum atomic E-state index is -3.93. The SMILES string of the molecule is COc1ccc(OC)c(S(=O)(=O)NC[C@H](c2ccc(F)cc2)c2c[nH]c3ccccc23)c1. The number of rotatable bonds is 8. The number of fused-ring (bicyclic) bond motifs is 1. The second-order valence-corrected chi connectivity index (χ2v) is 9.00. The van der Waals surface area contributed by atoms with E-state index < -0.39 is 10.0 Å². The summed E-state index contributed by atoms with van der Waals surface area (Å²) in [5, 5.41) is 0.972. The number of halogens is 1. The fourth-order valence-electron chi connectivity index (χ4n) is 3.75. The number of hydrogen-bond donors (Lipinski definition) is 2. The van der Waals surface area contributed by atoms with Crippen molar-refractivity contribution in [2.75, 3.05) is 20.8 Å². The van der Waals surface area contributed by atoms with Crippen LogP contribution < -0.4 is 14.2 Å². The van der Waals surface area contributed by atoms with Crippen LogP contribution in [0, 0.1) is 5.82 Å². The predicted molar refractivity (Wildman–Crippen MR) is 121 cm³/mol. The van der Waals surface area contributed by atoms with E-state index in [0.29, 0.717) is 5.75 Å². The highest BCUT2D eigenvalue weighted by Gasteiger charge is 2.25. The number of benzene rings is 3. The van der Waals surface area contributed by atoms with Crippen molar-refractivity contribution >= 4 is 20.9 Å². The molecule has 6 nitrogen and oxygen atoms in total. The van der Waals surface area contributed by atoms with Gasteiger partial charge in [-0.3, -0.25) is 0 Å². The maximum absolute atomic E-state index is 13.6. The van der Waals surface area contributed by atoms with Gasteiger partial charge in [-0.2, -0.15) is 0 Å². The monoisotopic (exact) mass is 454 g/mol. The molecule has 0 bridgehead atoms. The molecule has 4 rings (SSSR count). The van der Waals surface area contributed by atoms with Gasteiger partial charge in [0.05, 0.1) is 14.2 Å². The third-order valence-corrected chi connectivity index (χ3v) is 6.85. The lowest BCUT2D eigenvalue weighted by atomic mass is 9.91. The highest BCUT2D eigenvalue weighted by atomic mass is 32.2. The number of aromatic amines is 1. The Morgan fingerprint density at radius 3 is 2.47 bits per heavy atom. The van der Waals surface area contributed by atoms with E-state index in [1.807, 2.05) is 30.5 Å². The standard InChI is InChI=1S/C24H23FN2O4S/c1-30-18-11-12-23(31-2)24(13-18)32(28,29)27-15-20(16-7-9-17(25)10-8-16)21-14-26-22-6-4-3-5-19(21)22/h3-14,20,26-27H,15H2,1-2H3/t20-/m1/s1. The van der Waals surface area contributed by atoms with Crippen LogP contribution in [-0.2, 0) is 10.0 Å². The molecule has 0 saturated heterocycles. The van der Waals surface area contributed by atoms with Gasteiger partial charge in [-0.25, -0.2) is 17.5 Å². The maximum atomic E-state index is 13.6. The summed E-state index contributed by atoms with van der Waals surface area (Å²) >= 11 is 0. The molecule has 0 aliphatic carbocycles. The summed E-state index contributed by atoms with van der Waals surface area (Å²) in [5.74, 6) is -0.0899. The number of ether oxygens (including phenoxy) is 2. The van der Waals surface area contributed by atoms with Crippen LogP contribution in [0.2, 0.25) is 0 Å². The number of H-pyrrole nitrogens is 1. The predicted octanol–water partition coefficient (Wildman–Crippen LogP) is 4.43. The maximum Gasteiger partial charge on any atom is 0.244 e. The fraction of sp³-hybridized carbons (Fsp3) is 0.167. The molecule has 0 radical (unpaired) electrons. The fourth-order valence-corrected chi connectivity index (χ4v) is 4.98. The van der Waals surface area contributed by atoms with Crippen LogP contribution in [-0.4, -0.2) is 34.2 Å². The lowest BCUT2D eigenvalue weighted by molar-refractivity contribution is 0.392. The lowest BCUT2D eigenvalue weighted by Crippen LogP contribution is -2.29. The van der Waals surface area contributed by atoms with Gasteiger partial charge in [0.1, 0.15) is 22.2 Å². The number of methoxy groups -OCH3 is 2. The van der Waals surface area contributed by atoms with E-state index >= 15 is 0 Å². The van der Waals surface area contributed by atoms with Crippen LogP contribution in [0.25, 0.3) is 10.9 Å². The Bertz CT molecular complexity index is 1330. The summed E-state index contributed by atoms with van der Waals surface area (Å²) in [6, 6.07) is 18.4. The molecule has 3 aromatic carbocycles. The van der Waals surface area contributed by atoms with E-state index in [9.17, 15) is 12.8 Å². The molecule has 1 atom stereocenters. The smallest absolute Gasteiger partial charge is 0.244 e. The van der Waals surface area contributed by atoms with Crippen molar-refractivity contribution in [1.29, 1.82) is 0 Å². The molecule has 166 valence electrons. The van der Waals surface area contributed by atoms with Gasteiger partial charge < -0.3 is 14.5 Å². The Morgan fingerprint density at radius 1 is 1.00 bits per heavy atom. The normalized spacial score (nSPS) is 12.6. The Morgan fingerprint density at radius 2 is 1.75 bits per heavy atom. The average molecular weight is 455 g/mol. The van der Waals surface area contributed by atoms with Crippen molar-refractivity contribution in [3.63, 3.8) is 0 Å². The third kappa shape index (κ3) is 4.32. The first kappa shape index (κ1) is 21.9. The number of aromatic nitrogens is 1. The van der Waals surface area contributed by atoms with Crippen molar-refractivity contribution in [2.45, 2.75) is 10.8 Å². The molecule has 1 aromatic heterocycles. The molecule has 0 unspecified atom stereocenters. The third-order valence-electron chi connectivity index (χ3n) is 5.41. The van der Waals surface area contributed by atoms with Crippen molar-refractivity contribution in [2.24, 2.45) is 0 Å². The Kier molecular flexibility index (Phi) is 6.16. The van der Waals surface area contributed by atoms with Gasteiger partial charge in [-0.15, -0.1) is 0 Å². The highest BCUT2D eigenvalue weighted by molar-refractivity contribution is 7.89. The summed E-state index contributed by atoms with van der Waals surface area (Å²) in [6.07, 6.45) is 1.86. The average Bonchev–Trinajstić information content (AvgIpc) is 3.24. The summed E-state index contributed by atoms with van der Waals surface area (Å²) in [4.78, 5) is 3.21. The molecule has 4 aromatic rings. The van der Waals surface area contributed by atoms with E-state index in [1.54, 1.807) is 24.3 Å². The van der Waals surface area contributed by atoms with Crippen LogP contribution in [0.5, 0.6) is 11.5 Å². The van der Waals surface area contributed by atoms with Gasteiger partial charge in [-0.1, -0.05) is 30.3 Å². The first-order valence-electron chi connectivity index (χ1n) is 9.96. The molecule has 0 saturated carbocycles. The zero-order chi connectivity index (χ0) is 22.7. The Hall–Kier alpha value is -3.36. The van der Waals surface area contributed by atoms with E-state index in [4.69, 9.17) is 9.47 Å². The summed E-state index contributed by atoms with van der Waals surface area (Å²) in [6.45, 7) is 0.0657. The number of hydrogen-bond acceptors (Lipinski definition) is 4. The van der Waals surface area contributed by atoms with E-state index in [0.717, 1.165) is 22.0 Å². The van der Waals surface area contributed by atoms with Crippen molar-refractivity contribution in [3.05, 3.63) is 89.9 Å². The van der Waals surface area contributed by atoms with Crippen LogP contribution in [0.4, 0.5) is 4.39 Å².